The van der Waals surface area contributed by atoms with Crippen LogP contribution >= 0.6 is 0 Å². The molecule has 0 radical (unpaired) electrons. The standard InChI is InChI=1S/C18H26N2O3/c1-13(2)16-8-4-5-9-17(16)19-18(22)12-20(14(3)21)11-15-7-6-10-23-15/h4-5,8-9,13,15H,6-7,10-12H2,1-3H3,(H,19,22). The number of carbonyl (C=O) groups is 2. The maximum absolute atomic E-state index is 12.3. The van der Waals surface area contributed by atoms with Crippen LogP contribution in [0.5, 0.6) is 0 Å². The fraction of sp³-hybridized carbons (Fsp3) is 0.556. The maximum atomic E-state index is 12.3. The number of nitrogens with one attached hydrogen (secondary N) is 1. The summed E-state index contributed by atoms with van der Waals surface area (Å²) in [7, 11) is 0. The van der Waals surface area contributed by atoms with Gasteiger partial charge in [-0.15, -0.1) is 0 Å². The topological polar surface area (TPSA) is 58.6 Å². The van der Waals surface area contributed by atoms with Crippen molar-refractivity contribution in [3.8, 4) is 0 Å². The molecule has 126 valence electrons. The van der Waals surface area contributed by atoms with Gasteiger partial charge in [0, 0.05) is 25.8 Å². The zero-order valence-electron chi connectivity index (χ0n) is 14.2. The van der Waals surface area contributed by atoms with Crippen LogP contribution in [0, 0.1) is 0 Å². The minimum Gasteiger partial charge on any atom is -0.376 e. The highest BCUT2D eigenvalue weighted by Crippen LogP contribution is 2.23. The summed E-state index contributed by atoms with van der Waals surface area (Å²) < 4.78 is 5.56. The molecule has 1 unspecified atom stereocenters. The van der Waals surface area contributed by atoms with Crippen LogP contribution in [0.3, 0.4) is 0 Å². The van der Waals surface area contributed by atoms with Gasteiger partial charge in [-0.05, 0) is 30.4 Å². The Labute approximate surface area is 138 Å². The van der Waals surface area contributed by atoms with Gasteiger partial charge in [0.15, 0.2) is 0 Å². The van der Waals surface area contributed by atoms with Crippen LogP contribution in [-0.4, -0.2) is 42.5 Å². The highest BCUT2D eigenvalue weighted by Gasteiger charge is 2.22. The number of para-hydroxylation sites is 1. The van der Waals surface area contributed by atoms with E-state index >= 15 is 0 Å². The summed E-state index contributed by atoms with van der Waals surface area (Å²) in [6.07, 6.45) is 2.01. The Morgan fingerprint density at radius 1 is 1.35 bits per heavy atom. The van der Waals surface area contributed by atoms with Gasteiger partial charge in [0.1, 0.15) is 0 Å². The van der Waals surface area contributed by atoms with Crippen molar-refractivity contribution in [2.24, 2.45) is 0 Å². The summed E-state index contributed by atoms with van der Waals surface area (Å²) in [6.45, 7) is 6.94. The first-order valence-corrected chi connectivity index (χ1v) is 8.23. The molecular formula is C18H26N2O3. The maximum Gasteiger partial charge on any atom is 0.244 e. The lowest BCUT2D eigenvalue weighted by atomic mass is 10.0. The lowest BCUT2D eigenvalue weighted by Gasteiger charge is -2.24. The molecule has 1 N–H and O–H groups in total. The monoisotopic (exact) mass is 318 g/mol. The minimum atomic E-state index is -0.175. The van der Waals surface area contributed by atoms with Crippen LogP contribution in [0.1, 0.15) is 45.1 Å². The number of benzene rings is 1. The van der Waals surface area contributed by atoms with E-state index in [1.807, 2.05) is 24.3 Å². The second-order valence-electron chi connectivity index (χ2n) is 6.32. The Kier molecular flexibility index (Phi) is 6.16. The molecule has 23 heavy (non-hydrogen) atoms. The Bertz CT molecular complexity index is 551. The number of carbonyl (C=O) groups excluding carboxylic acids is 2. The number of amides is 2. The number of ether oxygens (including phenoxy) is 1. The third-order valence-corrected chi connectivity index (χ3v) is 4.08. The molecule has 0 bridgehead atoms. The molecule has 1 saturated heterocycles. The predicted molar refractivity (Wildman–Crippen MR) is 90.4 cm³/mol. The van der Waals surface area contributed by atoms with Crippen molar-refractivity contribution in [2.75, 3.05) is 25.0 Å². The fourth-order valence-corrected chi connectivity index (χ4v) is 2.82. The highest BCUT2D eigenvalue weighted by atomic mass is 16.5. The molecule has 5 heteroatoms. The fourth-order valence-electron chi connectivity index (χ4n) is 2.82. The molecule has 1 aromatic rings. The molecular weight excluding hydrogens is 292 g/mol. The molecule has 1 atom stereocenters. The number of hydrogen-bond acceptors (Lipinski definition) is 3. The van der Waals surface area contributed by atoms with Gasteiger partial charge in [0.25, 0.3) is 0 Å². The Balaban J connectivity index is 1.97. The van der Waals surface area contributed by atoms with Crippen LogP contribution in [0.2, 0.25) is 0 Å². The van der Waals surface area contributed by atoms with E-state index < -0.39 is 0 Å². The Morgan fingerprint density at radius 2 is 2.09 bits per heavy atom. The van der Waals surface area contributed by atoms with Gasteiger partial charge in [-0.25, -0.2) is 0 Å². The van der Waals surface area contributed by atoms with E-state index in [0.29, 0.717) is 12.5 Å². The van der Waals surface area contributed by atoms with Gasteiger partial charge < -0.3 is 15.0 Å². The van der Waals surface area contributed by atoms with E-state index in [1.165, 1.54) is 6.92 Å². The van der Waals surface area contributed by atoms with Crippen molar-refractivity contribution in [2.45, 2.75) is 45.6 Å². The zero-order chi connectivity index (χ0) is 16.8. The van der Waals surface area contributed by atoms with Crippen LogP contribution in [-0.2, 0) is 14.3 Å². The van der Waals surface area contributed by atoms with E-state index in [9.17, 15) is 9.59 Å². The lowest BCUT2D eigenvalue weighted by Crippen LogP contribution is -2.41. The summed E-state index contributed by atoms with van der Waals surface area (Å²) in [5.74, 6) is 0.0430. The van der Waals surface area contributed by atoms with Crippen molar-refractivity contribution in [1.29, 1.82) is 0 Å². The summed E-state index contributed by atoms with van der Waals surface area (Å²) in [6, 6.07) is 7.77. The van der Waals surface area contributed by atoms with E-state index in [-0.39, 0.29) is 24.5 Å². The average Bonchev–Trinajstić information content (AvgIpc) is 2.99. The predicted octanol–water partition coefficient (Wildman–Crippen LogP) is 2.78. The molecule has 2 amide bonds. The summed E-state index contributed by atoms with van der Waals surface area (Å²) in [5.41, 5.74) is 1.91. The van der Waals surface area contributed by atoms with Gasteiger partial charge in [-0.2, -0.15) is 0 Å². The van der Waals surface area contributed by atoms with Crippen molar-refractivity contribution >= 4 is 17.5 Å². The molecule has 1 aliphatic rings. The Hall–Kier alpha value is -1.88. The second kappa shape index (κ2) is 8.11. The van der Waals surface area contributed by atoms with Gasteiger partial charge in [-0.3, -0.25) is 9.59 Å². The Morgan fingerprint density at radius 3 is 2.70 bits per heavy atom. The van der Waals surface area contributed by atoms with Crippen molar-refractivity contribution in [1.82, 2.24) is 4.90 Å². The van der Waals surface area contributed by atoms with Crippen LogP contribution in [0.15, 0.2) is 24.3 Å². The highest BCUT2D eigenvalue weighted by molar-refractivity contribution is 5.95. The van der Waals surface area contributed by atoms with Gasteiger partial charge in [0.2, 0.25) is 11.8 Å². The molecule has 1 aromatic carbocycles. The molecule has 2 rings (SSSR count). The first kappa shape index (κ1) is 17.5. The lowest BCUT2D eigenvalue weighted by molar-refractivity contribution is -0.134. The van der Waals surface area contributed by atoms with Crippen LogP contribution < -0.4 is 5.32 Å². The average molecular weight is 318 g/mol. The van der Waals surface area contributed by atoms with E-state index in [4.69, 9.17) is 4.74 Å². The molecule has 0 aliphatic carbocycles. The van der Waals surface area contributed by atoms with Crippen molar-refractivity contribution < 1.29 is 14.3 Å². The number of hydrogen-bond donors (Lipinski definition) is 1. The summed E-state index contributed by atoms with van der Waals surface area (Å²) in [5, 5.41) is 2.93. The SMILES string of the molecule is CC(=O)N(CC(=O)Nc1ccccc1C(C)C)CC1CCCO1. The second-order valence-corrected chi connectivity index (χ2v) is 6.32. The third-order valence-electron chi connectivity index (χ3n) is 4.08. The van der Waals surface area contributed by atoms with E-state index in [1.54, 1.807) is 4.90 Å². The molecule has 0 saturated carbocycles. The van der Waals surface area contributed by atoms with Crippen LogP contribution in [0.25, 0.3) is 0 Å². The van der Waals surface area contributed by atoms with Gasteiger partial charge in [-0.1, -0.05) is 32.0 Å². The molecule has 0 spiro atoms. The molecule has 1 heterocycles. The number of nitrogens with zero attached hydrogens (tertiary/aromatic N) is 1. The first-order valence-electron chi connectivity index (χ1n) is 8.23. The van der Waals surface area contributed by atoms with Gasteiger partial charge >= 0.3 is 0 Å². The third kappa shape index (κ3) is 5.06. The minimum absolute atomic E-state index is 0.0506. The quantitative estimate of drug-likeness (QED) is 0.877. The number of rotatable bonds is 6. The van der Waals surface area contributed by atoms with E-state index in [2.05, 4.69) is 19.2 Å². The van der Waals surface area contributed by atoms with Crippen molar-refractivity contribution in [3.05, 3.63) is 29.8 Å². The normalized spacial score (nSPS) is 17.3. The molecule has 5 nitrogen and oxygen atoms in total. The van der Waals surface area contributed by atoms with Crippen molar-refractivity contribution in [3.63, 3.8) is 0 Å². The number of anilines is 1. The summed E-state index contributed by atoms with van der Waals surface area (Å²) >= 11 is 0. The first-order chi connectivity index (χ1) is 11.0. The zero-order valence-corrected chi connectivity index (χ0v) is 14.2. The molecule has 1 aliphatic heterocycles. The summed E-state index contributed by atoms with van der Waals surface area (Å²) in [4.78, 5) is 25.7. The van der Waals surface area contributed by atoms with Crippen LogP contribution in [0.4, 0.5) is 5.69 Å². The van der Waals surface area contributed by atoms with Gasteiger partial charge in [0.05, 0.1) is 12.6 Å². The molecule has 0 aromatic heterocycles. The van der Waals surface area contributed by atoms with E-state index in [0.717, 1.165) is 30.7 Å². The smallest absolute Gasteiger partial charge is 0.244 e. The molecule has 1 fully saturated rings. The largest absolute Gasteiger partial charge is 0.376 e.